The number of aryl methyl sites for hydroxylation is 1. The van der Waals surface area contributed by atoms with Gasteiger partial charge in [-0.3, -0.25) is 14.4 Å². The SMILES string of the molecule is Cn1nc(CC(=O)N2CCN(C(=O)C3COc4ccccc4O3)CC2)c2ccccc2c1=O. The molecule has 3 aromatic rings. The molecule has 170 valence electrons. The Bertz CT molecular complexity index is 1280. The monoisotopic (exact) mass is 448 g/mol. The molecule has 33 heavy (non-hydrogen) atoms. The lowest BCUT2D eigenvalue weighted by Gasteiger charge is -2.37. The van der Waals surface area contributed by atoms with Crippen molar-refractivity contribution in [3.05, 3.63) is 64.6 Å². The summed E-state index contributed by atoms with van der Waals surface area (Å²) in [6, 6.07) is 14.5. The topological polar surface area (TPSA) is 94.0 Å². The van der Waals surface area contributed by atoms with Gasteiger partial charge in [0.2, 0.25) is 12.0 Å². The van der Waals surface area contributed by atoms with E-state index in [9.17, 15) is 14.4 Å². The highest BCUT2D eigenvalue weighted by molar-refractivity contribution is 5.88. The molecule has 2 aromatic carbocycles. The predicted octanol–water partition coefficient (Wildman–Crippen LogP) is 0.987. The van der Waals surface area contributed by atoms with Crippen molar-refractivity contribution in [3.63, 3.8) is 0 Å². The Kier molecular flexibility index (Phi) is 5.45. The van der Waals surface area contributed by atoms with Gasteiger partial charge in [-0.2, -0.15) is 5.10 Å². The molecular formula is C24H24N4O5. The normalized spacial score (nSPS) is 17.8. The van der Waals surface area contributed by atoms with Crippen LogP contribution < -0.4 is 15.0 Å². The first-order chi connectivity index (χ1) is 16.0. The molecule has 9 heteroatoms. The molecule has 0 spiro atoms. The molecule has 1 saturated heterocycles. The minimum Gasteiger partial charge on any atom is -0.485 e. The van der Waals surface area contributed by atoms with Gasteiger partial charge in [0.25, 0.3) is 11.5 Å². The van der Waals surface area contributed by atoms with Crippen LogP contribution in [0.25, 0.3) is 10.8 Å². The molecule has 0 saturated carbocycles. The highest BCUT2D eigenvalue weighted by Gasteiger charge is 2.33. The summed E-state index contributed by atoms with van der Waals surface area (Å²) in [5, 5.41) is 5.56. The Morgan fingerprint density at radius 3 is 2.33 bits per heavy atom. The Morgan fingerprint density at radius 1 is 0.939 bits per heavy atom. The molecule has 1 atom stereocenters. The van der Waals surface area contributed by atoms with Gasteiger partial charge in [0.05, 0.1) is 17.5 Å². The second kappa shape index (κ2) is 8.57. The molecular weight excluding hydrogens is 424 g/mol. The van der Waals surface area contributed by atoms with Crippen LogP contribution in [-0.4, -0.2) is 70.3 Å². The van der Waals surface area contributed by atoms with E-state index in [0.29, 0.717) is 54.1 Å². The van der Waals surface area contributed by atoms with E-state index in [4.69, 9.17) is 9.47 Å². The van der Waals surface area contributed by atoms with Gasteiger partial charge in [0.15, 0.2) is 11.5 Å². The number of rotatable bonds is 3. The van der Waals surface area contributed by atoms with Gasteiger partial charge in [0, 0.05) is 38.6 Å². The smallest absolute Gasteiger partial charge is 0.274 e. The summed E-state index contributed by atoms with van der Waals surface area (Å²) in [5.74, 6) is 0.983. The number of ether oxygens (including phenoxy) is 2. The zero-order chi connectivity index (χ0) is 22.9. The number of benzene rings is 2. The van der Waals surface area contributed by atoms with Crippen molar-refractivity contribution in [2.75, 3.05) is 32.8 Å². The summed E-state index contributed by atoms with van der Waals surface area (Å²) in [6.45, 7) is 1.87. The fourth-order valence-corrected chi connectivity index (χ4v) is 4.28. The van der Waals surface area contributed by atoms with Crippen LogP contribution >= 0.6 is 0 Å². The van der Waals surface area contributed by atoms with Gasteiger partial charge in [-0.05, 0) is 18.2 Å². The average Bonchev–Trinajstić information content (AvgIpc) is 2.86. The molecule has 9 nitrogen and oxygen atoms in total. The van der Waals surface area contributed by atoms with Crippen LogP contribution in [0.15, 0.2) is 53.3 Å². The first-order valence-corrected chi connectivity index (χ1v) is 10.9. The molecule has 2 aliphatic heterocycles. The van der Waals surface area contributed by atoms with E-state index in [2.05, 4.69) is 5.10 Å². The third kappa shape index (κ3) is 4.02. The zero-order valence-corrected chi connectivity index (χ0v) is 18.3. The van der Waals surface area contributed by atoms with Gasteiger partial charge in [0.1, 0.15) is 6.61 Å². The van der Waals surface area contributed by atoms with Crippen LogP contribution in [0.5, 0.6) is 11.5 Å². The summed E-state index contributed by atoms with van der Waals surface area (Å²) in [4.78, 5) is 41.7. The van der Waals surface area contributed by atoms with Crippen molar-refractivity contribution in [2.24, 2.45) is 7.05 Å². The predicted molar refractivity (Wildman–Crippen MR) is 120 cm³/mol. The number of hydrogen-bond acceptors (Lipinski definition) is 6. The van der Waals surface area contributed by atoms with Gasteiger partial charge >= 0.3 is 0 Å². The van der Waals surface area contributed by atoms with Crippen molar-refractivity contribution in [1.82, 2.24) is 19.6 Å². The van der Waals surface area contributed by atoms with E-state index in [0.717, 1.165) is 0 Å². The van der Waals surface area contributed by atoms with Crippen LogP contribution in [0.2, 0.25) is 0 Å². The maximum atomic E-state index is 13.0. The standard InChI is InChI=1S/C24H24N4O5/c1-26-23(30)17-7-3-2-6-16(17)18(25-26)14-22(29)27-10-12-28(13-11-27)24(31)21-15-32-19-8-4-5-9-20(19)33-21/h2-9,21H,10-15H2,1H3. The molecule has 0 bridgehead atoms. The molecule has 5 rings (SSSR count). The number of carbonyl (C=O) groups is 2. The minimum absolute atomic E-state index is 0.0791. The van der Waals surface area contributed by atoms with E-state index in [1.54, 1.807) is 35.0 Å². The van der Waals surface area contributed by atoms with Gasteiger partial charge in [-0.15, -0.1) is 0 Å². The Morgan fingerprint density at radius 2 is 1.58 bits per heavy atom. The van der Waals surface area contributed by atoms with Crippen molar-refractivity contribution >= 4 is 22.6 Å². The molecule has 2 amide bonds. The van der Waals surface area contributed by atoms with Crippen LogP contribution in [0, 0.1) is 0 Å². The first-order valence-electron chi connectivity index (χ1n) is 10.9. The number of nitrogens with zero attached hydrogens (tertiary/aromatic N) is 4. The lowest BCUT2D eigenvalue weighted by atomic mass is 10.1. The maximum Gasteiger partial charge on any atom is 0.274 e. The largest absolute Gasteiger partial charge is 0.485 e. The molecule has 0 aliphatic carbocycles. The van der Waals surface area contributed by atoms with Crippen molar-refractivity contribution in [2.45, 2.75) is 12.5 Å². The number of hydrogen-bond donors (Lipinski definition) is 0. The average molecular weight is 448 g/mol. The Labute approximate surface area is 190 Å². The third-order valence-corrected chi connectivity index (χ3v) is 6.08. The van der Waals surface area contributed by atoms with E-state index < -0.39 is 6.10 Å². The van der Waals surface area contributed by atoms with E-state index in [-0.39, 0.29) is 30.4 Å². The number of carbonyl (C=O) groups excluding carboxylic acids is 2. The Hall–Kier alpha value is -3.88. The van der Waals surface area contributed by atoms with Crippen LogP contribution in [0.4, 0.5) is 0 Å². The molecule has 0 N–H and O–H groups in total. The number of piperazine rings is 1. The Balaban J connectivity index is 1.22. The summed E-state index contributed by atoms with van der Waals surface area (Å²) >= 11 is 0. The molecule has 1 unspecified atom stereocenters. The lowest BCUT2D eigenvalue weighted by Crippen LogP contribution is -2.55. The maximum absolute atomic E-state index is 13.0. The number of amides is 2. The quantitative estimate of drug-likeness (QED) is 0.593. The van der Waals surface area contributed by atoms with E-state index >= 15 is 0 Å². The summed E-state index contributed by atoms with van der Waals surface area (Å²) in [5.41, 5.74) is 0.382. The highest BCUT2D eigenvalue weighted by atomic mass is 16.6. The zero-order valence-electron chi connectivity index (χ0n) is 18.3. The molecule has 2 aliphatic rings. The fourth-order valence-electron chi connectivity index (χ4n) is 4.28. The second-order valence-corrected chi connectivity index (χ2v) is 8.17. The van der Waals surface area contributed by atoms with Gasteiger partial charge < -0.3 is 19.3 Å². The number of para-hydroxylation sites is 2. The van der Waals surface area contributed by atoms with Crippen LogP contribution in [0.3, 0.4) is 0 Å². The fraction of sp³-hybridized carbons (Fsp3) is 0.333. The molecule has 1 aromatic heterocycles. The summed E-state index contributed by atoms with van der Waals surface area (Å²) < 4.78 is 12.8. The van der Waals surface area contributed by atoms with Gasteiger partial charge in [-0.1, -0.05) is 30.3 Å². The number of fused-ring (bicyclic) bond motifs is 2. The summed E-state index contributed by atoms with van der Waals surface area (Å²) in [6.07, 6.45) is -0.595. The lowest BCUT2D eigenvalue weighted by molar-refractivity contribution is -0.146. The van der Waals surface area contributed by atoms with E-state index in [1.807, 2.05) is 30.3 Å². The summed E-state index contributed by atoms with van der Waals surface area (Å²) in [7, 11) is 1.59. The van der Waals surface area contributed by atoms with E-state index in [1.165, 1.54) is 4.68 Å². The third-order valence-electron chi connectivity index (χ3n) is 6.08. The van der Waals surface area contributed by atoms with Gasteiger partial charge in [-0.25, -0.2) is 4.68 Å². The first kappa shape index (κ1) is 21.0. The van der Waals surface area contributed by atoms with Crippen LogP contribution in [0.1, 0.15) is 5.69 Å². The second-order valence-electron chi connectivity index (χ2n) is 8.17. The molecule has 1 fully saturated rings. The van der Waals surface area contributed by atoms with Crippen molar-refractivity contribution in [3.8, 4) is 11.5 Å². The highest BCUT2D eigenvalue weighted by Crippen LogP contribution is 2.31. The van der Waals surface area contributed by atoms with Crippen molar-refractivity contribution in [1.29, 1.82) is 0 Å². The van der Waals surface area contributed by atoms with Crippen LogP contribution in [-0.2, 0) is 23.1 Å². The minimum atomic E-state index is -0.691. The number of aromatic nitrogens is 2. The molecule has 3 heterocycles. The van der Waals surface area contributed by atoms with Crippen molar-refractivity contribution < 1.29 is 19.1 Å². The molecule has 0 radical (unpaired) electrons.